The third kappa shape index (κ3) is 4.50. The molecule has 3 amide bonds. The SMILES string of the molecule is NC(=O)Cc1csc(NC(=O)CC2Sc3ccc(Cl)cc3NC2=O)n1. The van der Waals surface area contributed by atoms with E-state index in [1.165, 1.54) is 23.1 Å². The van der Waals surface area contributed by atoms with Gasteiger partial charge in [0.05, 0.1) is 23.1 Å². The van der Waals surface area contributed by atoms with Gasteiger partial charge < -0.3 is 16.4 Å². The van der Waals surface area contributed by atoms with Crippen LogP contribution in [0, 0.1) is 0 Å². The maximum absolute atomic E-state index is 12.2. The molecule has 2 heterocycles. The number of hydrogen-bond acceptors (Lipinski definition) is 6. The van der Waals surface area contributed by atoms with E-state index in [-0.39, 0.29) is 24.7 Å². The molecule has 7 nitrogen and oxygen atoms in total. The van der Waals surface area contributed by atoms with Crippen molar-refractivity contribution in [3.05, 3.63) is 34.3 Å². The van der Waals surface area contributed by atoms with Crippen LogP contribution in [-0.2, 0) is 20.8 Å². The normalized spacial score (nSPS) is 16.0. The number of primary amides is 1. The molecule has 1 aromatic heterocycles. The predicted molar refractivity (Wildman–Crippen MR) is 98.0 cm³/mol. The van der Waals surface area contributed by atoms with Crippen LogP contribution in [0.1, 0.15) is 12.1 Å². The van der Waals surface area contributed by atoms with Gasteiger partial charge in [0, 0.05) is 21.7 Å². The lowest BCUT2D eigenvalue weighted by molar-refractivity contribution is -0.120. The monoisotopic (exact) mass is 396 g/mol. The van der Waals surface area contributed by atoms with E-state index in [0.29, 0.717) is 21.5 Å². The highest BCUT2D eigenvalue weighted by molar-refractivity contribution is 8.01. The van der Waals surface area contributed by atoms with Crippen LogP contribution in [0.5, 0.6) is 0 Å². The summed E-state index contributed by atoms with van der Waals surface area (Å²) in [6, 6.07) is 5.22. The molecule has 1 unspecified atom stereocenters. The Balaban J connectivity index is 1.61. The summed E-state index contributed by atoms with van der Waals surface area (Å²) >= 11 is 8.43. The van der Waals surface area contributed by atoms with E-state index in [2.05, 4.69) is 15.6 Å². The molecule has 0 aliphatic carbocycles. The Labute approximate surface area is 156 Å². The summed E-state index contributed by atoms with van der Waals surface area (Å²) in [5, 5.41) is 7.41. The van der Waals surface area contributed by atoms with Crippen molar-refractivity contribution < 1.29 is 14.4 Å². The average molecular weight is 397 g/mol. The summed E-state index contributed by atoms with van der Waals surface area (Å²) in [4.78, 5) is 40.2. The zero-order valence-corrected chi connectivity index (χ0v) is 15.1. The molecule has 3 rings (SSSR count). The minimum atomic E-state index is -0.543. The van der Waals surface area contributed by atoms with Gasteiger partial charge in [0.2, 0.25) is 17.7 Å². The van der Waals surface area contributed by atoms with Gasteiger partial charge in [-0.2, -0.15) is 0 Å². The first-order valence-corrected chi connectivity index (χ1v) is 9.34. The molecule has 0 fully saturated rings. The van der Waals surface area contributed by atoms with Crippen molar-refractivity contribution in [2.24, 2.45) is 5.73 Å². The molecule has 0 saturated heterocycles. The molecule has 1 aliphatic rings. The largest absolute Gasteiger partial charge is 0.369 e. The number of carbonyl (C=O) groups excluding carboxylic acids is 3. The lowest BCUT2D eigenvalue weighted by Crippen LogP contribution is -2.32. The van der Waals surface area contributed by atoms with E-state index in [9.17, 15) is 14.4 Å². The predicted octanol–water partition coefficient (Wildman–Crippen LogP) is 2.27. The van der Waals surface area contributed by atoms with Crippen LogP contribution in [0.15, 0.2) is 28.5 Å². The number of thioether (sulfide) groups is 1. The van der Waals surface area contributed by atoms with E-state index < -0.39 is 11.2 Å². The van der Waals surface area contributed by atoms with Crippen LogP contribution < -0.4 is 16.4 Å². The number of nitrogens with one attached hydrogen (secondary N) is 2. The highest BCUT2D eigenvalue weighted by Gasteiger charge is 2.29. The minimum Gasteiger partial charge on any atom is -0.369 e. The standard InChI is InChI=1S/C15H13ClN4O3S2/c16-7-1-2-10-9(3-7)19-14(23)11(25-10)5-13(22)20-15-18-8(6-24-15)4-12(17)21/h1-3,6,11H,4-5H2,(H2,17,21)(H,19,23)(H,18,20,22). The van der Waals surface area contributed by atoms with Crippen molar-refractivity contribution in [3.63, 3.8) is 0 Å². The lowest BCUT2D eigenvalue weighted by Gasteiger charge is -2.23. The molecule has 0 bridgehead atoms. The second-order valence-corrected chi connectivity index (χ2v) is 7.81. The average Bonchev–Trinajstić information content (AvgIpc) is 2.94. The van der Waals surface area contributed by atoms with Crippen LogP contribution in [0.25, 0.3) is 0 Å². The summed E-state index contributed by atoms with van der Waals surface area (Å²) in [5.74, 6) is -1.06. The van der Waals surface area contributed by atoms with Crippen LogP contribution in [0.4, 0.5) is 10.8 Å². The number of rotatable bonds is 5. The number of amides is 3. The second-order valence-electron chi connectivity index (χ2n) is 5.28. The molecular formula is C15H13ClN4O3S2. The molecule has 0 spiro atoms. The smallest absolute Gasteiger partial charge is 0.238 e. The molecule has 1 aromatic carbocycles. The van der Waals surface area contributed by atoms with Gasteiger partial charge in [0.25, 0.3) is 0 Å². The van der Waals surface area contributed by atoms with Crippen molar-refractivity contribution in [2.75, 3.05) is 10.6 Å². The molecule has 25 heavy (non-hydrogen) atoms. The zero-order chi connectivity index (χ0) is 18.0. The highest BCUT2D eigenvalue weighted by atomic mass is 35.5. The molecule has 130 valence electrons. The number of thiazole rings is 1. The van der Waals surface area contributed by atoms with Gasteiger partial charge in [-0.25, -0.2) is 4.98 Å². The quantitative estimate of drug-likeness (QED) is 0.717. The van der Waals surface area contributed by atoms with Gasteiger partial charge in [0.1, 0.15) is 0 Å². The Morgan fingerprint density at radius 1 is 1.40 bits per heavy atom. The van der Waals surface area contributed by atoms with Crippen LogP contribution in [0.3, 0.4) is 0 Å². The van der Waals surface area contributed by atoms with Gasteiger partial charge in [0.15, 0.2) is 5.13 Å². The highest BCUT2D eigenvalue weighted by Crippen LogP contribution is 2.38. The molecule has 1 aliphatic heterocycles. The number of benzene rings is 1. The van der Waals surface area contributed by atoms with Crippen LogP contribution in [0.2, 0.25) is 5.02 Å². The Hall–Kier alpha value is -2.10. The number of nitrogens with two attached hydrogens (primary N) is 1. The topological polar surface area (TPSA) is 114 Å². The van der Waals surface area contributed by atoms with E-state index in [1.54, 1.807) is 17.5 Å². The summed E-state index contributed by atoms with van der Waals surface area (Å²) in [5.41, 5.74) is 6.26. The summed E-state index contributed by atoms with van der Waals surface area (Å²) < 4.78 is 0. The fourth-order valence-corrected chi connectivity index (χ4v) is 4.21. The van der Waals surface area contributed by atoms with Gasteiger partial charge in [-0.05, 0) is 18.2 Å². The lowest BCUT2D eigenvalue weighted by atomic mass is 10.2. The summed E-state index contributed by atoms with van der Waals surface area (Å²) in [6.07, 6.45) is 0.0237. The Morgan fingerprint density at radius 2 is 2.20 bits per heavy atom. The number of nitrogens with zero attached hydrogens (tertiary/aromatic N) is 1. The fourth-order valence-electron chi connectivity index (χ4n) is 2.22. The number of fused-ring (bicyclic) bond motifs is 1. The first-order valence-electron chi connectivity index (χ1n) is 7.20. The van der Waals surface area contributed by atoms with Gasteiger partial charge >= 0.3 is 0 Å². The van der Waals surface area contributed by atoms with E-state index in [1.807, 2.05) is 6.07 Å². The third-order valence-corrected chi connectivity index (χ3v) is 5.60. The molecule has 1 atom stereocenters. The van der Waals surface area contributed by atoms with Crippen molar-refractivity contribution >= 4 is 63.2 Å². The van der Waals surface area contributed by atoms with Crippen molar-refractivity contribution in [1.82, 2.24) is 4.98 Å². The van der Waals surface area contributed by atoms with Crippen LogP contribution in [-0.4, -0.2) is 28.0 Å². The molecule has 0 radical (unpaired) electrons. The minimum absolute atomic E-state index is 0.00327. The van der Waals surface area contributed by atoms with Crippen LogP contribution >= 0.6 is 34.7 Å². The Kier molecular flexibility index (Phi) is 5.26. The fraction of sp³-hybridized carbons (Fsp3) is 0.200. The maximum Gasteiger partial charge on any atom is 0.238 e. The maximum atomic E-state index is 12.2. The number of anilines is 2. The molecule has 4 N–H and O–H groups in total. The van der Waals surface area contributed by atoms with Crippen molar-refractivity contribution in [1.29, 1.82) is 0 Å². The first-order chi connectivity index (χ1) is 11.9. The Morgan fingerprint density at radius 3 is 2.96 bits per heavy atom. The van der Waals surface area contributed by atoms with E-state index >= 15 is 0 Å². The zero-order valence-electron chi connectivity index (χ0n) is 12.7. The van der Waals surface area contributed by atoms with Gasteiger partial charge in [-0.3, -0.25) is 14.4 Å². The van der Waals surface area contributed by atoms with Gasteiger partial charge in [-0.1, -0.05) is 11.6 Å². The van der Waals surface area contributed by atoms with E-state index in [4.69, 9.17) is 17.3 Å². The Bertz CT molecular complexity index is 855. The summed E-state index contributed by atoms with van der Waals surface area (Å²) in [7, 11) is 0. The number of hydrogen-bond donors (Lipinski definition) is 3. The molecule has 10 heteroatoms. The summed E-state index contributed by atoms with van der Waals surface area (Å²) in [6.45, 7) is 0. The second kappa shape index (κ2) is 7.42. The molecule has 0 saturated carbocycles. The van der Waals surface area contributed by atoms with Gasteiger partial charge in [-0.15, -0.1) is 23.1 Å². The number of halogens is 1. The number of aromatic nitrogens is 1. The number of carbonyl (C=O) groups is 3. The first kappa shape index (κ1) is 17.7. The van der Waals surface area contributed by atoms with E-state index in [0.717, 1.165) is 4.90 Å². The van der Waals surface area contributed by atoms with Crippen molar-refractivity contribution in [2.45, 2.75) is 23.0 Å². The molecule has 2 aromatic rings. The molecular weight excluding hydrogens is 384 g/mol. The third-order valence-electron chi connectivity index (χ3n) is 3.29. The van der Waals surface area contributed by atoms with Crippen molar-refractivity contribution in [3.8, 4) is 0 Å².